The van der Waals surface area contributed by atoms with Gasteiger partial charge in [-0.2, -0.15) is 0 Å². The number of rotatable bonds is 4. The van der Waals surface area contributed by atoms with Gasteiger partial charge in [0, 0.05) is 18.8 Å². The van der Waals surface area contributed by atoms with Crippen molar-refractivity contribution in [2.24, 2.45) is 0 Å². The first kappa shape index (κ1) is 15.4. The molecule has 112 valence electrons. The lowest BCUT2D eigenvalue weighted by molar-refractivity contribution is 0.576. The predicted octanol–water partition coefficient (Wildman–Crippen LogP) is 4.59. The lowest BCUT2D eigenvalue weighted by Gasteiger charge is -2.19. The van der Waals surface area contributed by atoms with Gasteiger partial charge in [-0.3, -0.25) is 4.57 Å². The van der Waals surface area contributed by atoms with Gasteiger partial charge in [-0.15, -0.1) is 0 Å². The summed E-state index contributed by atoms with van der Waals surface area (Å²) in [5, 5.41) is 4.69. The minimum Gasteiger partial charge on any atom is -0.318 e. The number of hydrogen-bond donors (Lipinski definition) is 2. The van der Waals surface area contributed by atoms with Gasteiger partial charge in [0.05, 0.1) is 11.4 Å². The van der Waals surface area contributed by atoms with Gasteiger partial charge < -0.3 is 10.2 Å². The van der Waals surface area contributed by atoms with E-state index >= 15 is 0 Å². The molecule has 8 heteroatoms. The zero-order valence-corrected chi connectivity index (χ0v) is 11.7. The SMILES string of the molecule is CP(=O)(Nc1ccc(F)cc1F)Nc1ccc(F)cc1F. The maximum atomic E-state index is 13.5. The van der Waals surface area contributed by atoms with E-state index in [2.05, 4.69) is 10.2 Å². The third-order valence-corrected chi connectivity index (χ3v) is 3.87. The number of nitrogens with one attached hydrogen (secondary N) is 2. The van der Waals surface area contributed by atoms with Gasteiger partial charge >= 0.3 is 0 Å². The van der Waals surface area contributed by atoms with Crippen molar-refractivity contribution < 1.29 is 22.1 Å². The molecule has 0 fully saturated rings. The van der Waals surface area contributed by atoms with Crippen LogP contribution in [0.4, 0.5) is 28.9 Å². The zero-order chi connectivity index (χ0) is 15.6. The molecular weight excluding hydrogens is 307 g/mol. The van der Waals surface area contributed by atoms with Crippen LogP contribution in [0.2, 0.25) is 0 Å². The molecule has 0 aromatic heterocycles. The minimum atomic E-state index is -3.45. The highest BCUT2D eigenvalue weighted by atomic mass is 31.2. The van der Waals surface area contributed by atoms with E-state index in [4.69, 9.17) is 0 Å². The molecule has 0 saturated heterocycles. The van der Waals surface area contributed by atoms with E-state index < -0.39 is 30.7 Å². The van der Waals surface area contributed by atoms with E-state index in [1.807, 2.05) is 0 Å². The Bertz CT molecular complexity index is 666. The first-order valence-corrected chi connectivity index (χ1v) is 7.96. The molecule has 0 bridgehead atoms. The van der Waals surface area contributed by atoms with Crippen LogP contribution in [-0.4, -0.2) is 6.66 Å². The molecule has 0 aliphatic rings. The Kier molecular flexibility index (Phi) is 4.23. The number of benzene rings is 2. The molecule has 21 heavy (non-hydrogen) atoms. The molecule has 2 rings (SSSR count). The number of hydrogen-bond acceptors (Lipinski definition) is 1. The summed E-state index contributed by atoms with van der Waals surface area (Å²) in [6.45, 7) is 1.19. The molecular formula is C13H11F4N2OP. The first-order valence-electron chi connectivity index (χ1n) is 5.81. The summed E-state index contributed by atoms with van der Waals surface area (Å²) < 4.78 is 64.8. The molecule has 0 saturated carbocycles. The molecule has 0 atom stereocenters. The normalized spacial score (nSPS) is 11.3. The Morgan fingerprint density at radius 1 is 0.810 bits per heavy atom. The maximum Gasteiger partial charge on any atom is 0.255 e. The van der Waals surface area contributed by atoms with Gasteiger partial charge in [0.2, 0.25) is 0 Å². The van der Waals surface area contributed by atoms with Crippen LogP contribution < -0.4 is 10.2 Å². The molecule has 3 nitrogen and oxygen atoms in total. The number of halogens is 4. The second-order valence-electron chi connectivity index (χ2n) is 4.40. The molecule has 2 N–H and O–H groups in total. The van der Waals surface area contributed by atoms with Crippen molar-refractivity contribution in [3.05, 3.63) is 59.7 Å². The highest BCUT2D eigenvalue weighted by molar-refractivity contribution is 7.66. The van der Waals surface area contributed by atoms with Crippen molar-refractivity contribution in [1.82, 2.24) is 0 Å². The predicted molar refractivity (Wildman–Crippen MR) is 73.5 cm³/mol. The highest BCUT2D eigenvalue weighted by Crippen LogP contribution is 2.42. The lowest BCUT2D eigenvalue weighted by Crippen LogP contribution is -2.07. The van der Waals surface area contributed by atoms with E-state index in [0.717, 1.165) is 24.3 Å². The monoisotopic (exact) mass is 318 g/mol. The van der Waals surface area contributed by atoms with Crippen LogP contribution in [0.3, 0.4) is 0 Å². The second kappa shape index (κ2) is 5.77. The molecule has 2 aromatic carbocycles. The van der Waals surface area contributed by atoms with Crippen LogP contribution in [0.5, 0.6) is 0 Å². The van der Waals surface area contributed by atoms with Crippen LogP contribution in [0.25, 0.3) is 0 Å². The van der Waals surface area contributed by atoms with Gasteiger partial charge in [-0.25, -0.2) is 17.6 Å². The quantitative estimate of drug-likeness (QED) is 0.640. The fourth-order valence-electron chi connectivity index (χ4n) is 1.65. The lowest BCUT2D eigenvalue weighted by atomic mass is 10.3. The van der Waals surface area contributed by atoms with Crippen molar-refractivity contribution in [3.63, 3.8) is 0 Å². The topological polar surface area (TPSA) is 41.1 Å². The van der Waals surface area contributed by atoms with Crippen LogP contribution >= 0.6 is 7.44 Å². The Hall–Kier alpha value is -2.01. The maximum absolute atomic E-state index is 13.5. The van der Waals surface area contributed by atoms with Gasteiger partial charge in [-0.05, 0) is 24.3 Å². The van der Waals surface area contributed by atoms with Crippen LogP contribution in [0.1, 0.15) is 0 Å². The van der Waals surface area contributed by atoms with Gasteiger partial charge in [0.25, 0.3) is 7.44 Å². The summed E-state index contributed by atoms with van der Waals surface area (Å²) in [7, 11) is -3.45. The summed E-state index contributed by atoms with van der Waals surface area (Å²) in [6, 6.07) is 5.38. The van der Waals surface area contributed by atoms with Gasteiger partial charge in [0.15, 0.2) is 0 Å². The number of anilines is 2. The second-order valence-corrected chi connectivity index (χ2v) is 6.69. The fraction of sp³-hybridized carbons (Fsp3) is 0.0769. The molecule has 2 aromatic rings. The molecule has 0 heterocycles. The molecule has 0 unspecified atom stereocenters. The van der Waals surface area contributed by atoms with Crippen molar-refractivity contribution in [2.75, 3.05) is 16.8 Å². The van der Waals surface area contributed by atoms with E-state index in [1.165, 1.54) is 6.66 Å². The van der Waals surface area contributed by atoms with E-state index in [9.17, 15) is 22.1 Å². The van der Waals surface area contributed by atoms with Gasteiger partial charge in [0.1, 0.15) is 23.3 Å². The van der Waals surface area contributed by atoms with Crippen LogP contribution in [0.15, 0.2) is 36.4 Å². The Balaban J connectivity index is 2.20. The minimum absolute atomic E-state index is 0.197. The standard InChI is InChI=1S/C13H11F4N2OP/c1-21(20,18-12-4-2-8(14)6-10(12)16)19-13-5-3-9(15)7-11(13)17/h2-7H,1H3,(H2,18,19,20). The third-order valence-electron chi connectivity index (χ3n) is 2.53. The summed E-state index contributed by atoms with van der Waals surface area (Å²) in [6.07, 6.45) is 0. The summed E-state index contributed by atoms with van der Waals surface area (Å²) >= 11 is 0. The van der Waals surface area contributed by atoms with Crippen molar-refractivity contribution in [1.29, 1.82) is 0 Å². The Morgan fingerprint density at radius 3 is 1.52 bits per heavy atom. The summed E-state index contributed by atoms with van der Waals surface area (Å²) in [5.41, 5.74) is -0.394. The first-order chi connectivity index (χ1) is 9.77. The smallest absolute Gasteiger partial charge is 0.255 e. The average Bonchev–Trinajstić information content (AvgIpc) is 2.36. The molecule has 0 spiro atoms. The molecule has 0 aliphatic heterocycles. The van der Waals surface area contributed by atoms with E-state index in [0.29, 0.717) is 12.1 Å². The van der Waals surface area contributed by atoms with Crippen molar-refractivity contribution >= 4 is 18.8 Å². The highest BCUT2D eigenvalue weighted by Gasteiger charge is 2.19. The van der Waals surface area contributed by atoms with Crippen molar-refractivity contribution in [3.8, 4) is 0 Å². The summed E-state index contributed by atoms with van der Waals surface area (Å²) in [4.78, 5) is 0. The average molecular weight is 318 g/mol. The summed E-state index contributed by atoms with van der Waals surface area (Å²) in [5.74, 6) is -3.42. The van der Waals surface area contributed by atoms with Crippen LogP contribution in [0, 0.1) is 23.3 Å². The Labute approximate surface area is 118 Å². The Morgan fingerprint density at radius 2 is 1.19 bits per heavy atom. The van der Waals surface area contributed by atoms with Crippen molar-refractivity contribution in [2.45, 2.75) is 0 Å². The van der Waals surface area contributed by atoms with Gasteiger partial charge in [-0.1, -0.05) is 0 Å². The van der Waals surface area contributed by atoms with Crippen LogP contribution in [-0.2, 0) is 4.57 Å². The molecule has 0 amide bonds. The zero-order valence-electron chi connectivity index (χ0n) is 10.8. The van der Waals surface area contributed by atoms with E-state index in [-0.39, 0.29) is 11.4 Å². The van der Waals surface area contributed by atoms with E-state index in [1.54, 1.807) is 0 Å². The fourth-order valence-corrected chi connectivity index (χ4v) is 2.99. The molecule has 0 radical (unpaired) electrons. The third kappa shape index (κ3) is 3.98. The molecule has 0 aliphatic carbocycles. The largest absolute Gasteiger partial charge is 0.318 e.